The van der Waals surface area contributed by atoms with Crippen LogP contribution in [0.3, 0.4) is 0 Å². The largest absolute Gasteiger partial charge is 0.466 e. The minimum Gasteiger partial charge on any atom is -0.466 e. The molecule has 0 atom stereocenters. The van der Waals surface area contributed by atoms with Gasteiger partial charge in [0, 0.05) is 17.1 Å². The van der Waals surface area contributed by atoms with Crippen LogP contribution >= 0.6 is 11.3 Å². The summed E-state index contributed by atoms with van der Waals surface area (Å²) in [5, 5.41) is 11.1. The number of amides is 2. The normalized spacial score (nSPS) is 10.4. The number of anilines is 2. The van der Waals surface area contributed by atoms with Crippen LogP contribution in [-0.4, -0.2) is 39.2 Å². The molecule has 2 amide bonds. The Balaban J connectivity index is 1.63. The molecule has 1 aromatic carbocycles. The number of esters is 1. The van der Waals surface area contributed by atoms with Gasteiger partial charge in [-0.2, -0.15) is 5.10 Å². The molecule has 3 aromatic rings. The summed E-state index contributed by atoms with van der Waals surface area (Å²) < 4.78 is 5.76. The Morgan fingerprint density at radius 1 is 1.09 bits per heavy atom. The lowest BCUT2D eigenvalue weighted by molar-refractivity contribution is -0.142. The maximum atomic E-state index is 12.4. The van der Waals surface area contributed by atoms with Crippen molar-refractivity contribution in [1.82, 2.24) is 14.8 Å². The SMILES string of the molecule is CCOC(=O)Cc1csc(NC(=O)Cn2nc(C(=O)Nc3ccc(C)cc3)ccc2=O)n1. The van der Waals surface area contributed by atoms with Gasteiger partial charge in [-0.1, -0.05) is 17.7 Å². The molecule has 166 valence electrons. The Labute approximate surface area is 187 Å². The van der Waals surface area contributed by atoms with Crippen molar-refractivity contribution in [3.05, 3.63) is 69.1 Å². The molecule has 0 spiro atoms. The number of aryl methyl sites for hydroxylation is 1. The van der Waals surface area contributed by atoms with Gasteiger partial charge in [0.2, 0.25) is 5.91 Å². The van der Waals surface area contributed by atoms with Crippen molar-refractivity contribution in [2.75, 3.05) is 17.2 Å². The number of nitrogens with one attached hydrogen (secondary N) is 2. The fourth-order valence-corrected chi connectivity index (χ4v) is 3.34. The van der Waals surface area contributed by atoms with Gasteiger partial charge in [0.1, 0.15) is 12.2 Å². The van der Waals surface area contributed by atoms with E-state index in [2.05, 4.69) is 20.7 Å². The fourth-order valence-electron chi connectivity index (χ4n) is 2.62. The molecule has 11 heteroatoms. The summed E-state index contributed by atoms with van der Waals surface area (Å²) in [5.74, 6) is -1.47. The summed E-state index contributed by atoms with van der Waals surface area (Å²) in [6.07, 6.45) is -0.000631. The Morgan fingerprint density at radius 3 is 2.56 bits per heavy atom. The molecule has 0 bridgehead atoms. The molecule has 0 fully saturated rings. The first-order valence-electron chi connectivity index (χ1n) is 9.70. The maximum absolute atomic E-state index is 12.4. The first kappa shape index (κ1) is 22.8. The molecule has 0 aliphatic rings. The zero-order chi connectivity index (χ0) is 23.1. The van der Waals surface area contributed by atoms with Gasteiger partial charge in [0.05, 0.1) is 18.7 Å². The molecule has 0 saturated carbocycles. The third-order valence-corrected chi connectivity index (χ3v) is 4.94. The molecule has 3 rings (SSSR count). The minimum absolute atomic E-state index is 0.000631. The molecule has 10 nitrogen and oxygen atoms in total. The van der Waals surface area contributed by atoms with Crippen LogP contribution in [0.15, 0.2) is 46.6 Å². The Morgan fingerprint density at radius 2 is 1.84 bits per heavy atom. The lowest BCUT2D eigenvalue weighted by Crippen LogP contribution is -2.31. The molecule has 0 aliphatic carbocycles. The molecular formula is C21H21N5O5S. The van der Waals surface area contributed by atoms with Gasteiger partial charge in [-0.05, 0) is 32.0 Å². The lowest BCUT2D eigenvalue weighted by Gasteiger charge is -2.08. The zero-order valence-corrected chi connectivity index (χ0v) is 18.3. The van der Waals surface area contributed by atoms with E-state index in [9.17, 15) is 19.2 Å². The zero-order valence-electron chi connectivity index (χ0n) is 17.5. The van der Waals surface area contributed by atoms with E-state index in [1.54, 1.807) is 24.4 Å². The smallest absolute Gasteiger partial charge is 0.311 e. The highest BCUT2D eigenvalue weighted by molar-refractivity contribution is 7.13. The van der Waals surface area contributed by atoms with E-state index in [0.717, 1.165) is 21.6 Å². The second kappa shape index (κ2) is 10.4. The van der Waals surface area contributed by atoms with Gasteiger partial charge >= 0.3 is 5.97 Å². The number of aromatic nitrogens is 3. The average molecular weight is 455 g/mol. The lowest BCUT2D eigenvalue weighted by atomic mass is 10.2. The van der Waals surface area contributed by atoms with Crippen molar-refractivity contribution in [2.45, 2.75) is 26.8 Å². The van der Waals surface area contributed by atoms with Crippen molar-refractivity contribution < 1.29 is 19.1 Å². The number of thiazole rings is 1. The summed E-state index contributed by atoms with van der Waals surface area (Å²) in [5.41, 5.74) is 1.56. The highest BCUT2D eigenvalue weighted by Gasteiger charge is 2.14. The van der Waals surface area contributed by atoms with Crippen LogP contribution in [0.5, 0.6) is 0 Å². The van der Waals surface area contributed by atoms with Crippen LogP contribution in [0.25, 0.3) is 0 Å². The third kappa shape index (κ3) is 6.32. The van der Waals surface area contributed by atoms with Gasteiger partial charge in [-0.15, -0.1) is 11.3 Å². The molecule has 0 unspecified atom stereocenters. The first-order chi connectivity index (χ1) is 15.3. The molecule has 0 saturated heterocycles. The molecule has 0 radical (unpaired) electrons. The van der Waals surface area contributed by atoms with Gasteiger partial charge in [0.25, 0.3) is 11.5 Å². The number of nitrogens with zero attached hydrogens (tertiary/aromatic N) is 3. The number of benzene rings is 1. The van der Waals surface area contributed by atoms with Crippen molar-refractivity contribution >= 4 is 39.9 Å². The van der Waals surface area contributed by atoms with Gasteiger partial charge in [-0.3, -0.25) is 19.2 Å². The predicted molar refractivity (Wildman–Crippen MR) is 119 cm³/mol. The van der Waals surface area contributed by atoms with E-state index in [-0.39, 0.29) is 23.9 Å². The van der Waals surface area contributed by atoms with E-state index in [0.29, 0.717) is 11.4 Å². The summed E-state index contributed by atoms with van der Waals surface area (Å²) in [6, 6.07) is 9.67. The van der Waals surface area contributed by atoms with E-state index < -0.39 is 29.9 Å². The number of ether oxygens (including phenoxy) is 1. The summed E-state index contributed by atoms with van der Waals surface area (Å²) in [7, 11) is 0. The molecular weight excluding hydrogens is 434 g/mol. The number of carbonyl (C=O) groups excluding carboxylic acids is 3. The Hall–Kier alpha value is -3.86. The third-order valence-electron chi connectivity index (χ3n) is 4.13. The standard InChI is InChI=1S/C21H21N5O5S/c1-3-31-19(29)10-15-12-32-21(23-15)24-17(27)11-26-18(28)9-8-16(25-26)20(30)22-14-6-4-13(2)5-7-14/h4-9,12H,3,10-11H2,1-2H3,(H,22,30)(H,23,24,27). The van der Waals surface area contributed by atoms with Gasteiger partial charge < -0.3 is 15.4 Å². The highest BCUT2D eigenvalue weighted by Crippen LogP contribution is 2.16. The number of hydrogen-bond acceptors (Lipinski definition) is 8. The Bertz CT molecular complexity index is 1190. The van der Waals surface area contributed by atoms with Crippen molar-refractivity contribution in [1.29, 1.82) is 0 Å². The second-order valence-electron chi connectivity index (χ2n) is 6.71. The molecule has 0 aliphatic heterocycles. The van der Waals surface area contributed by atoms with E-state index in [1.807, 2.05) is 19.1 Å². The van der Waals surface area contributed by atoms with Gasteiger partial charge in [0.15, 0.2) is 5.13 Å². The fraction of sp³-hybridized carbons (Fsp3) is 0.238. The topological polar surface area (TPSA) is 132 Å². The molecule has 32 heavy (non-hydrogen) atoms. The quantitative estimate of drug-likeness (QED) is 0.497. The molecule has 2 N–H and O–H groups in total. The number of hydrogen-bond donors (Lipinski definition) is 2. The minimum atomic E-state index is -0.548. The van der Waals surface area contributed by atoms with Crippen LogP contribution in [0.1, 0.15) is 28.7 Å². The van der Waals surface area contributed by atoms with Crippen molar-refractivity contribution in [2.24, 2.45) is 0 Å². The van der Waals surface area contributed by atoms with Crippen LogP contribution in [0, 0.1) is 6.92 Å². The first-order valence-corrected chi connectivity index (χ1v) is 10.6. The summed E-state index contributed by atoms with van der Waals surface area (Å²) >= 11 is 1.14. The summed E-state index contributed by atoms with van der Waals surface area (Å²) in [4.78, 5) is 52.5. The number of rotatable bonds is 8. The molecule has 2 heterocycles. The van der Waals surface area contributed by atoms with E-state index >= 15 is 0 Å². The van der Waals surface area contributed by atoms with E-state index in [4.69, 9.17) is 4.74 Å². The van der Waals surface area contributed by atoms with Crippen LogP contribution in [0.2, 0.25) is 0 Å². The molecule has 2 aromatic heterocycles. The Kier molecular flexibility index (Phi) is 7.45. The van der Waals surface area contributed by atoms with E-state index in [1.165, 1.54) is 12.1 Å². The van der Waals surface area contributed by atoms with Crippen LogP contribution in [-0.2, 0) is 27.3 Å². The predicted octanol–water partition coefficient (Wildman–Crippen LogP) is 2.00. The van der Waals surface area contributed by atoms with Crippen LogP contribution < -0.4 is 16.2 Å². The monoisotopic (exact) mass is 455 g/mol. The van der Waals surface area contributed by atoms with Crippen molar-refractivity contribution in [3.63, 3.8) is 0 Å². The van der Waals surface area contributed by atoms with Gasteiger partial charge in [-0.25, -0.2) is 9.67 Å². The van der Waals surface area contributed by atoms with Crippen molar-refractivity contribution in [3.8, 4) is 0 Å². The second-order valence-corrected chi connectivity index (χ2v) is 7.57. The highest BCUT2D eigenvalue weighted by atomic mass is 32.1. The average Bonchev–Trinajstić information content (AvgIpc) is 3.17. The van der Waals surface area contributed by atoms with Crippen LogP contribution in [0.4, 0.5) is 10.8 Å². The number of carbonyl (C=O) groups is 3. The summed E-state index contributed by atoms with van der Waals surface area (Å²) in [6.45, 7) is 3.51. The maximum Gasteiger partial charge on any atom is 0.311 e.